The molecule has 0 radical (unpaired) electrons. The maximum atomic E-state index is 4.07. The molecule has 1 fully saturated rings. The van der Waals surface area contributed by atoms with Crippen molar-refractivity contribution in [3.8, 4) is 11.5 Å². The average Bonchev–Trinajstić information content (AvgIpc) is 2.65. The molecule has 0 amide bonds. The summed E-state index contributed by atoms with van der Waals surface area (Å²) in [7, 11) is -1.60. The molecule has 1 unspecified atom stereocenters. The predicted molar refractivity (Wildman–Crippen MR) is 131 cm³/mol. The van der Waals surface area contributed by atoms with Crippen molar-refractivity contribution < 1.29 is 0 Å². The standard InChI is InChI=1S/C27H50Si/c1-8-9-10-11-12-13-15-20-27(26-18-16-14-17-19-26)21-22-28(23(2)3,24(4)5)25(6)7/h10-11,23-27H,8-9,12-20H2,1-7H3/b11-10+. The molecule has 1 aliphatic carbocycles. The van der Waals surface area contributed by atoms with Crippen molar-refractivity contribution in [1.82, 2.24) is 0 Å². The lowest BCUT2D eigenvalue weighted by Crippen LogP contribution is -2.43. The topological polar surface area (TPSA) is 0 Å². The minimum atomic E-state index is -1.60. The molecular formula is C27H50Si. The Labute approximate surface area is 179 Å². The van der Waals surface area contributed by atoms with E-state index in [1.807, 2.05) is 0 Å². The zero-order valence-electron chi connectivity index (χ0n) is 20.3. The van der Waals surface area contributed by atoms with E-state index in [1.165, 1.54) is 70.6 Å². The first-order valence-electron chi connectivity index (χ1n) is 12.5. The van der Waals surface area contributed by atoms with E-state index in [9.17, 15) is 0 Å². The molecule has 162 valence electrons. The van der Waals surface area contributed by atoms with Crippen LogP contribution in [0.5, 0.6) is 0 Å². The highest BCUT2D eigenvalue weighted by Crippen LogP contribution is 2.41. The van der Waals surface area contributed by atoms with Gasteiger partial charge in [-0.25, -0.2) is 0 Å². The summed E-state index contributed by atoms with van der Waals surface area (Å²) in [4.78, 5) is 0. The lowest BCUT2D eigenvalue weighted by atomic mass is 9.78. The molecule has 1 aliphatic rings. The summed E-state index contributed by atoms with van der Waals surface area (Å²) < 4.78 is 0. The molecule has 0 nitrogen and oxygen atoms in total. The van der Waals surface area contributed by atoms with Gasteiger partial charge in [-0.15, -0.1) is 11.5 Å². The zero-order chi connectivity index (χ0) is 21.0. The SMILES string of the molecule is CCC/C=C/CCCCC(C#C[Si](C(C)C)(C(C)C)C(C)C)C1CCCCC1. The molecule has 1 rings (SSSR count). The van der Waals surface area contributed by atoms with Gasteiger partial charge in [0.2, 0.25) is 0 Å². The van der Waals surface area contributed by atoms with Gasteiger partial charge < -0.3 is 0 Å². The molecule has 0 spiro atoms. The van der Waals surface area contributed by atoms with Crippen LogP contribution in [-0.2, 0) is 0 Å². The van der Waals surface area contributed by atoms with Gasteiger partial charge >= 0.3 is 0 Å². The molecule has 0 aromatic heterocycles. The van der Waals surface area contributed by atoms with E-state index < -0.39 is 8.07 Å². The first-order chi connectivity index (χ1) is 13.4. The Hall–Kier alpha value is -0.483. The second-order valence-electron chi connectivity index (χ2n) is 10.2. The molecule has 0 aromatic rings. The van der Waals surface area contributed by atoms with Crippen LogP contribution in [0.4, 0.5) is 0 Å². The van der Waals surface area contributed by atoms with Gasteiger partial charge in [0.05, 0.1) is 0 Å². The maximum Gasteiger partial charge on any atom is 0.145 e. The molecule has 1 atom stereocenters. The van der Waals surface area contributed by atoms with E-state index in [1.54, 1.807) is 0 Å². The minimum Gasteiger partial charge on any atom is -0.130 e. The van der Waals surface area contributed by atoms with Crippen molar-refractivity contribution >= 4 is 8.07 Å². The summed E-state index contributed by atoms with van der Waals surface area (Å²) in [5.74, 6) is 5.51. The lowest BCUT2D eigenvalue weighted by molar-refractivity contribution is 0.278. The monoisotopic (exact) mass is 402 g/mol. The van der Waals surface area contributed by atoms with E-state index in [4.69, 9.17) is 0 Å². The second kappa shape index (κ2) is 13.7. The van der Waals surface area contributed by atoms with Crippen molar-refractivity contribution in [3.63, 3.8) is 0 Å². The van der Waals surface area contributed by atoms with Crippen LogP contribution in [0.1, 0.15) is 119 Å². The van der Waals surface area contributed by atoms with Gasteiger partial charge in [-0.2, -0.15) is 0 Å². The fourth-order valence-electron chi connectivity index (χ4n) is 5.64. The molecule has 1 heteroatoms. The molecule has 1 saturated carbocycles. The van der Waals surface area contributed by atoms with E-state index >= 15 is 0 Å². The van der Waals surface area contributed by atoms with Crippen LogP contribution in [0.3, 0.4) is 0 Å². The largest absolute Gasteiger partial charge is 0.145 e. The van der Waals surface area contributed by atoms with E-state index in [0.717, 1.165) is 22.5 Å². The Balaban J connectivity index is 2.86. The van der Waals surface area contributed by atoms with Crippen LogP contribution >= 0.6 is 0 Å². The molecule has 0 bridgehead atoms. The van der Waals surface area contributed by atoms with Gasteiger partial charge in [-0.3, -0.25) is 0 Å². The first kappa shape index (κ1) is 25.6. The molecule has 0 saturated heterocycles. The van der Waals surface area contributed by atoms with Crippen molar-refractivity contribution in [3.05, 3.63) is 12.2 Å². The van der Waals surface area contributed by atoms with Crippen LogP contribution < -0.4 is 0 Å². The maximum absolute atomic E-state index is 4.07. The van der Waals surface area contributed by atoms with E-state index in [0.29, 0.717) is 5.92 Å². The number of unbranched alkanes of at least 4 members (excludes halogenated alkanes) is 3. The first-order valence-corrected chi connectivity index (χ1v) is 14.8. The lowest BCUT2D eigenvalue weighted by Gasteiger charge is -2.38. The summed E-state index contributed by atoms with van der Waals surface area (Å²) in [6, 6.07) is 0. The van der Waals surface area contributed by atoms with Crippen LogP contribution in [-0.4, -0.2) is 8.07 Å². The Morgan fingerprint density at radius 1 is 0.821 bits per heavy atom. The van der Waals surface area contributed by atoms with Crippen molar-refractivity contribution in [2.45, 2.75) is 136 Å². The van der Waals surface area contributed by atoms with Gasteiger partial charge in [-0.05, 0) is 61.1 Å². The highest BCUT2D eigenvalue weighted by atomic mass is 28.3. The summed E-state index contributed by atoms with van der Waals surface area (Å²) in [6.45, 7) is 16.9. The van der Waals surface area contributed by atoms with Crippen molar-refractivity contribution in [2.75, 3.05) is 0 Å². The highest BCUT2D eigenvalue weighted by molar-refractivity contribution is 6.90. The van der Waals surface area contributed by atoms with Crippen LogP contribution in [0.2, 0.25) is 16.6 Å². The third-order valence-electron chi connectivity index (χ3n) is 7.32. The Morgan fingerprint density at radius 2 is 1.39 bits per heavy atom. The Kier molecular flexibility index (Phi) is 12.5. The quantitative estimate of drug-likeness (QED) is 0.140. The molecule has 28 heavy (non-hydrogen) atoms. The van der Waals surface area contributed by atoms with Gasteiger partial charge in [-0.1, -0.05) is 92.7 Å². The fraction of sp³-hybridized carbons (Fsp3) is 0.852. The molecular weight excluding hydrogens is 352 g/mol. The van der Waals surface area contributed by atoms with Gasteiger partial charge in [0, 0.05) is 5.92 Å². The number of allylic oxidation sites excluding steroid dienone is 2. The Morgan fingerprint density at radius 3 is 1.93 bits per heavy atom. The zero-order valence-corrected chi connectivity index (χ0v) is 21.3. The van der Waals surface area contributed by atoms with Gasteiger partial charge in [0.1, 0.15) is 8.07 Å². The number of hydrogen-bond donors (Lipinski definition) is 0. The van der Waals surface area contributed by atoms with E-state index in [-0.39, 0.29) is 0 Å². The molecule has 0 N–H and O–H groups in total. The van der Waals surface area contributed by atoms with Crippen molar-refractivity contribution in [1.29, 1.82) is 0 Å². The normalized spacial score (nSPS) is 17.5. The highest BCUT2D eigenvalue weighted by Gasteiger charge is 2.41. The Bertz CT molecular complexity index is 460. The number of hydrogen-bond acceptors (Lipinski definition) is 0. The minimum absolute atomic E-state index is 0.656. The summed E-state index contributed by atoms with van der Waals surface area (Å²) in [5, 5.41) is 0. The smallest absolute Gasteiger partial charge is 0.130 e. The van der Waals surface area contributed by atoms with Crippen molar-refractivity contribution in [2.24, 2.45) is 11.8 Å². The van der Waals surface area contributed by atoms with Gasteiger partial charge in [0.25, 0.3) is 0 Å². The van der Waals surface area contributed by atoms with Crippen LogP contribution in [0.25, 0.3) is 0 Å². The molecule has 0 aliphatic heterocycles. The van der Waals surface area contributed by atoms with Gasteiger partial charge in [0.15, 0.2) is 0 Å². The number of rotatable bonds is 11. The summed E-state index contributed by atoms with van der Waals surface area (Å²) in [5.41, 5.74) is 6.31. The second-order valence-corrected chi connectivity index (χ2v) is 15.8. The third-order valence-corrected chi connectivity index (χ3v) is 13.6. The fourth-order valence-corrected chi connectivity index (χ4v) is 10.9. The van der Waals surface area contributed by atoms with Crippen LogP contribution in [0.15, 0.2) is 12.2 Å². The van der Waals surface area contributed by atoms with Crippen LogP contribution in [0, 0.1) is 23.3 Å². The third kappa shape index (κ3) is 7.74. The predicted octanol–water partition coefficient (Wildman–Crippen LogP) is 9.32. The average molecular weight is 403 g/mol. The summed E-state index contributed by atoms with van der Waals surface area (Å²) >= 11 is 0. The summed E-state index contributed by atoms with van der Waals surface area (Å²) in [6.07, 6.45) is 19.7. The van der Waals surface area contributed by atoms with E-state index in [2.05, 4.69) is 72.1 Å². The molecule has 0 aromatic carbocycles. The molecule has 0 heterocycles.